The van der Waals surface area contributed by atoms with Crippen LogP contribution in [-0.2, 0) is 12.6 Å². The van der Waals surface area contributed by atoms with Crippen LogP contribution in [0.25, 0.3) is 21.7 Å². The number of nitrogen functional groups attached to an aromatic ring is 1. The van der Waals surface area contributed by atoms with Gasteiger partial charge >= 0.3 is 6.18 Å². The number of pyridine rings is 2. The Labute approximate surface area is 199 Å². The number of hydrogen-bond donors (Lipinski definition) is 1. The van der Waals surface area contributed by atoms with Gasteiger partial charge in [0.05, 0.1) is 17.1 Å². The Hall–Kier alpha value is -3.68. The zero-order chi connectivity index (χ0) is 24.3. The van der Waals surface area contributed by atoms with Crippen LogP contribution in [0.3, 0.4) is 0 Å². The van der Waals surface area contributed by atoms with Gasteiger partial charge in [-0.1, -0.05) is 6.07 Å². The molecular weight excluding hydrogens is 453 g/mol. The number of nitrogens with two attached hydrogens (primary N) is 1. The zero-order valence-electron chi connectivity index (χ0n) is 18.8. The Morgan fingerprint density at radius 2 is 1.86 bits per heavy atom. The molecular formula is C27H23F3N4O. The molecule has 2 aliphatic rings. The molecule has 4 aromatic rings. The maximum Gasteiger partial charge on any atom is 0.416 e. The number of fused-ring (bicyclic) bond motifs is 4. The van der Waals surface area contributed by atoms with Crippen molar-refractivity contribution in [3.63, 3.8) is 0 Å². The highest BCUT2D eigenvalue weighted by Crippen LogP contribution is 2.42. The summed E-state index contributed by atoms with van der Waals surface area (Å²) in [5.74, 6) is 0.722. The van der Waals surface area contributed by atoms with Crippen molar-refractivity contribution in [2.45, 2.75) is 37.9 Å². The molecule has 1 saturated carbocycles. The van der Waals surface area contributed by atoms with Crippen molar-refractivity contribution >= 4 is 33.4 Å². The Kier molecular flexibility index (Phi) is 4.95. The lowest BCUT2D eigenvalue weighted by atomic mass is 10.0. The van der Waals surface area contributed by atoms with Crippen LogP contribution in [0.2, 0.25) is 0 Å². The van der Waals surface area contributed by atoms with Crippen LogP contribution in [0.4, 0.5) is 19.0 Å². The summed E-state index contributed by atoms with van der Waals surface area (Å²) in [5.41, 5.74) is 8.17. The first kappa shape index (κ1) is 21.8. The van der Waals surface area contributed by atoms with Gasteiger partial charge in [0.2, 0.25) is 0 Å². The summed E-state index contributed by atoms with van der Waals surface area (Å²) in [6.45, 7) is 0.601. The molecule has 2 heterocycles. The van der Waals surface area contributed by atoms with Crippen LogP contribution in [0.1, 0.15) is 52.4 Å². The minimum absolute atomic E-state index is 0.120. The highest BCUT2D eigenvalue weighted by molar-refractivity contribution is 6.11. The average Bonchev–Trinajstić information content (AvgIpc) is 3.58. The lowest BCUT2D eigenvalue weighted by Crippen LogP contribution is -2.35. The van der Waals surface area contributed by atoms with Crippen LogP contribution in [-0.4, -0.2) is 27.3 Å². The molecule has 0 aliphatic heterocycles. The van der Waals surface area contributed by atoms with Crippen molar-refractivity contribution in [1.82, 2.24) is 14.9 Å². The number of carbonyl (C=O) groups excluding carboxylic acids is 1. The second kappa shape index (κ2) is 7.93. The second-order valence-corrected chi connectivity index (χ2v) is 9.52. The molecule has 2 N–H and O–H groups in total. The van der Waals surface area contributed by atoms with E-state index in [9.17, 15) is 18.0 Å². The second-order valence-electron chi connectivity index (χ2n) is 9.52. The highest BCUT2D eigenvalue weighted by atomic mass is 19.4. The fourth-order valence-electron chi connectivity index (χ4n) is 5.20. The minimum Gasteiger partial charge on any atom is -0.383 e. The number of nitrogens with zero attached hydrogens (tertiary/aromatic N) is 3. The molecule has 1 atom stereocenters. The Balaban J connectivity index is 1.40. The topological polar surface area (TPSA) is 72.1 Å². The summed E-state index contributed by atoms with van der Waals surface area (Å²) in [5, 5.41) is 2.39. The van der Waals surface area contributed by atoms with Crippen molar-refractivity contribution in [3.8, 4) is 0 Å². The number of amides is 1. The molecule has 2 aromatic carbocycles. The summed E-state index contributed by atoms with van der Waals surface area (Å²) in [6, 6.07) is 10.9. The van der Waals surface area contributed by atoms with E-state index < -0.39 is 11.7 Å². The summed E-state index contributed by atoms with van der Waals surface area (Å²) in [7, 11) is 0. The van der Waals surface area contributed by atoms with Crippen molar-refractivity contribution in [3.05, 3.63) is 77.1 Å². The van der Waals surface area contributed by atoms with E-state index in [2.05, 4.69) is 9.97 Å². The van der Waals surface area contributed by atoms with Crippen molar-refractivity contribution in [2.24, 2.45) is 5.92 Å². The maximum absolute atomic E-state index is 13.9. The first-order valence-corrected chi connectivity index (χ1v) is 11.7. The molecule has 5 nitrogen and oxygen atoms in total. The fraction of sp³-hybridized carbons (Fsp3) is 0.296. The number of rotatable bonds is 4. The molecule has 8 heteroatoms. The van der Waals surface area contributed by atoms with Crippen LogP contribution < -0.4 is 5.73 Å². The molecule has 1 unspecified atom stereocenters. The van der Waals surface area contributed by atoms with Gasteiger partial charge in [-0.25, -0.2) is 4.98 Å². The number of aromatic nitrogens is 2. The molecule has 2 aromatic heterocycles. The smallest absolute Gasteiger partial charge is 0.383 e. The highest BCUT2D eigenvalue weighted by Gasteiger charge is 2.37. The Morgan fingerprint density at radius 3 is 2.63 bits per heavy atom. The van der Waals surface area contributed by atoms with Crippen molar-refractivity contribution in [1.29, 1.82) is 0 Å². The molecule has 0 bridgehead atoms. The third-order valence-corrected chi connectivity index (χ3v) is 7.18. The van der Waals surface area contributed by atoms with Crippen LogP contribution in [0.5, 0.6) is 0 Å². The molecule has 0 radical (unpaired) electrons. The largest absolute Gasteiger partial charge is 0.416 e. The third-order valence-electron chi connectivity index (χ3n) is 7.18. The van der Waals surface area contributed by atoms with Crippen LogP contribution in [0.15, 0.2) is 54.9 Å². The monoisotopic (exact) mass is 476 g/mol. The summed E-state index contributed by atoms with van der Waals surface area (Å²) in [6.07, 6.45) is 2.26. The van der Waals surface area contributed by atoms with Gasteiger partial charge < -0.3 is 10.6 Å². The molecule has 1 fully saturated rings. The standard InChI is InChI=1S/C27H23F3N4O/c28-27(29,30)18-5-6-19-16(11-18)4-8-24(19)34(14-15-1-2-15)26(35)17-3-7-23-21(12-17)22-13-32-10-9-20(22)25(31)33-23/h3,5-7,9-13,15,24H,1-2,4,8,14H2,(H2,31,33). The SMILES string of the molecule is Nc1nc2ccc(C(=O)N(CC3CC3)C3CCc4cc(C(F)(F)F)ccc43)cc2c2cnccc12. The molecule has 35 heavy (non-hydrogen) atoms. The Morgan fingerprint density at radius 1 is 1.03 bits per heavy atom. The number of halogens is 3. The van der Waals surface area contributed by atoms with E-state index in [1.807, 2.05) is 11.0 Å². The zero-order valence-corrected chi connectivity index (χ0v) is 18.8. The molecule has 1 amide bonds. The van der Waals surface area contributed by atoms with Gasteiger partial charge in [-0.3, -0.25) is 9.78 Å². The van der Waals surface area contributed by atoms with Crippen LogP contribution >= 0.6 is 0 Å². The van der Waals surface area contributed by atoms with E-state index in [0.29, 0.717) is 47.8 Å². The number of benzene rings is 2. The molecule has 178 valence electrons. The number of alkyl halides is 3. The quantitative estimate of drug-likeness (QED) is 0.371. The van der Waals surface area contributed by atoms with Gasteiger partial charge in [-0.15, -0.1) is 0 Å². The lowest BCUT2D eigenvalue weighted by molar-refractivity contribution is -0.137. The van der Waals surface area contributed by atoms with Gasteiger partial charge in [0.1, 0.15) is 5.82 Å². The predicted octanol–water partition coefficient (Wildman–Crippen LogP) is 5.92. The molecule has 6 rings (SSSR count). The average molecular weight is 477 g/mol. The molecule has 0 spiro atoms. The van der Waals surface area contributed by atoms with Crippen molar-refractivity contribution in [2.75, 3.05) is 12.3 Å². The molecule has 0 saturated heterocycles. The van der Waals surface area contributed by atoms with Gasteiger partial charge in [0, 0.05) is 40.7 Å². The van der Waals surface area contributed by atoms with E-state index >= 15 is 0 Å². The maximum atomic E-state index is 13.9. The number of carbonyl (C=O) groups is 1. The Bertz CT molecular complexity index is 1480. The normalized spacial score (nSPS) is 17.6. The lowest BCUT2D eigenvalue weighted by Gasteiger charge is -2.30. The number of aryl methyl sites for hydroxylation is 1. The van der Waals surface area contributed by atoms with E-state index in [-0.39, 0.29) is 11.9 Å². The van der Waals surface area contributed by atoms with Crippen molar-refractivity contribution < 1.29 is 18.0 Å². The van der Waals surface area contributed by atoms with Gasteiger partial charge in [0.15, 0.2) is 0 Å². The molecule has 2 aliphatic carbocycles. The minimum atomic E-state index is -4.38. The van der Waals surface area contributed by atoms with E-state index in [4.69, 9.17) is 5.73 Å². The van der Waals surface area contributed by atoms with E-state index in [1.54, 1.807) is 36.7 Å². The fourth-order valence-corrected chi connectivity index (χ4v) is 5.20. The van der Waals surface area contributed by atoms with Gasteiger partial charge in [0.25, 0.3) is 5.91 Å². The van der Waals surface area contributed by atoms with E-state index in [0.717, 1.165) is 40.6 Å². The summed E-state index contributed by atoms with van der Waals surface area (Å²) < 4.78 is 39.7. The van der Waals surface area contributed by atoms with Gasteiger partial charge in [-0.05, 0) is 79.1 Å². The number of hydrogen-bond acceptors (Lipinski definition) is 4. The first-order chi connectivity index (χ1) is 16.8. The summed E-state index contributed by atoms with van der Waals surface area (Å²) >= 11 is 0. The third kappa shape index (κ3) is 3.87. The van der Waals surface area contributed by atoms with Gasteiger partial charge in [-0.2, -0.15) is 13.2 Å². The van der Waals surface area contributed by atoms with E-state index in [1.165, 1.54) is 6.07 Å². The first-order valence-electron chi connectivity index (χ1n) is 11.7. The summed E-state index contributed by atoms with van der Waals surface area (Å²) in [4.78, 5) is 24.4. The predicted molar refractivity (Wildman–Crippen MR) is 128 cm³/mol. The van der Waals surface area contributed by atoms with Crippen LogP contribution in [0, 0.1) is 5.92 Å². The number of anilines is 1.